The van der Waals surface area contributed by atoms with Crippen molar-refractivity contribution in [2.24, 2.45) is 0 Å². The van der Waals surface area contributed by atoms with Gasteiger partial charge in [0.1, 0.15) is 0 Å². The lowest BCUT2D eigenvalue weighted by Crippen LogP contribution is -2.16. The fraction of sp³-hybridized carbons (Fsp3) is 0.417. The minimum atomic E-state index is -0.0903. The van der Waals surface area contributed by atoms with Crippen LogP contribution in [0.25, 0.3) is 6.08 Å². The number of aromatic nitrogens is 1. The predicted molar refractivity (Wildman–Crippen MR) is 63.9 cm³/mol. The molecule has 2 heterocycles. The molecule has 0 aromatic carbocycles. The van der Waals surface area contributed by atoms with E-state index in [4.69, 9.17) is 0 Å². The molecule has 2 rings (SSSR count). The lowest BCUT2D eigenvalue weighted by molar-refractivity contribution is 0.664. The van der Waals surface area contributed by atoms with E-state index in [1.165, 1.54) is 25.5 Å². The van der Waals surface area contributed by atoms with E-state index in [1.807, 2.05) is 0 Å². The molecule has 0 radical (unpaired) electrons. The highest BCUT2D eigenvalue weighted by Gasteiger charge is 2.05. The van der Waals surface area contributed by atoms with Gasteiger partial charge in [-0.15, -0.1) is 0 Å². The third-order valence-corrected chi connectivity index (χ3v) is 2.38. The van der Waals surface area contributed by atoms with E-state index < -0.39 is 0 Å². The zero-order valence-corrected chi connectivity index (χ0v) is 9.12. The van der Waals surface area contributed by atoms with Crippen LogP contribution in [-0.4, -0.2) is 17.6 Å². The fourth-order valence-corrected chi connectivity index (χ4v) is 1.45. The van der Waals surface area contributed by atoms with E-state index in [0.717, 1.165) is 6.04 Å². The minimum absolute atomic E-state index is 0.0903. The van der Waals surface area contributed by atoms with Crippen LogP contribution in [0.2, 0.25) is 0 Å². The second-order valence-electron chi connectivity index (χ2n) is 3.66. The Morgan fingerprint density at radius 3 is 2.73 bits per heavy atom. The Labute approximate surface area is 90.2 Å². The van der Waals surface area contributed by atoms with Crippen molar-refractivity contribution in [3.63, 3.8) is 0 Å². The summed E-state index contributed by atoms with van der Waals surface area (Å²) in [7, 11) is 0. The molecular weight excluding hydrogens is 188 g/mol. The van der Waals surface area contributed by atoms with Crippen LogP contribution in [0.4, 0.5) is 0 Å². The standard InChI is InChI=1S/C7H7NO.C5H11N/c1-2-6-4-3-5-8-7(6)9;1-5-3-2-4-6-5/h2-5H,1H2,(H,8,9);5-6H,2-4H2,1H3. The molecular formula is C12H18N2O. The molecule has 2 N–H and O–H groups in total. The van der Waals surface area contributed by atoms with E-state index >= 15 is 0 Å². The van der Waals surface area contributed by atoms with E-state index in [9.17, 15) is 4.79 Å². The topological polar surface area (TPSA) is 44.9 Å². The molecule has 15 heavy (non-hydrogen) atoms. The first kappa shape index (κ1) is 11.7. The van der Waals surface area contributed by atoms with Crippen LogP contribution in [0.1, 0.15) is 25.3 Å². The molecule has 1 aromatic heterocycles. The monoisotopic (exact) mass is 206 g/mol. The van der Waals surface area contributed by atoms with Crippen molar-refractivity contribution in [3.05, 3.63) is 40.8 Å². The molecule has 1 unspecified atom stereocenters. The highest BCUT2D eigenvalue weighted by Crippen LogP contribution is 2.01. The van der Waals surface area contributed by atoms with Crippen molar-refractivity contribution >= 4 is 6.08 Å². The van der Waals surface area contributed by atoms with Gasteiger partial charge in [-0.2, -0.15) is 0 Å². The summed E-state index contributed by atoms with van der Waals surface area (Å²) in [6.45, 7) is 6.94. The first-order chi connectivity index (χ1) is 7.24. The van der Waals surface area contributed by atoms with Crippen LogP contribution in [0, 0.1) is 0 Å². The van der Waals surface area contributed by atoms with Crippen LogP contribution in [0.5, 0.6) is 0 Å². The maximum Gasteiger partial charge on any atom is 0.255 e. The third-order valence-electron chi connectivity index (χ3n) is 2.38. The second kappa shape index (κ2) is 6.19. The molecule has 0 amide bonds. The molecule has 0 saturated carbocycles. The number of aromatic amines is 1. The van der Waals surface area contributed by atoms with Crippen molar-refractivity contribution in [1.29, 1.82) is 0 Å². The first-order valence-corrected chi connectivity index (χ1v) is 5.27. The van der Waals surface area contributed by atoms with Crippen molar-refractivity contribution < 1.29 is 0 Å². The van der Waals surface area contributed by atoms with Crippen LogP contribution in [0.15, 0.2) is 29.7 Å². The van der Waals surface area contributed by atoms with E-state index in [1.54, 1.807) is 18.3 Å². The Morgan fingerprint density at radius 1 is 1.60 bits per heavy atom. The van der Waals surface area contributed by atoms with Gasteiger partial charge in [0.2, 0.25) is 0 Å². The molecule has 0 spiro atoms. The minimum Gasteiger partial charge on any atom is -0.329 e. The lowest BCUT2D eigenvalue weighted by atomic mass is 10.3. The molecule has 3 heteroatoms. The maximum atomic E-state index is 10.7. The molecule has 1 aromatic rings. The second-order valence-corrected chi connectivity index (χ2v) is 3.66. The van der Waals surface area contributed by atoms with Gasteiger partial charge in [0.05, 0.1) is 0 Å². The van der Waals surface area contributed by atoms with Gasteiger partial charge in [-0.3, -0.25) is 4.79 Å². The Kier molecular flexibility index (Phi) is 4.84. The average Bonchev–Trinajstić information content (AvgIpc) is 2.71. The quantitative estimate of drug-likeness (QED) is 0.735. The highest BCUT2D eigenvalue weighted by molar-refractivity contribution is 5.44. The van der Waals surface area contributed by atoms with Gasteiger partial charge >= 0.3 is 0 Å². The molecule has 1 saturated heterocycles. The summed E-state index contributed by atoms with van der Waals surface area (Å²) in [4.78, 5) is 13.2. The van der Waals surface area contributed by atoms with E-state index in [-0.39, 0.29) is 5.56 Å². The Hall–Kier alpha value is -1.35. The average molecular weight is 206 g/mol. The molecule has 1 atom stereocenters. The molecule has 0 bridgehead atoms. The molecule has 1 fully saturated rings. The van der Waals surface area contributed by atoms with Crippen LogP contribution in [0.3, 0.4) is 0 Å². The Bertz CT molecular complexity index is 351. The van der Waals surface area contributed by atoms with Gasteiger partial charge in [-0.05, 0) is 38.4 Å². The van der Waals surface area contributed by atoms with Gasteiger partial charge in [0.25, 0.3) is 5.56 Å². The van der Waals surface area contributed by atoms with Crippen LogP contribution in [-0.2, 0) is 0 Å². The molecule has 1 aliphatic rings. The normalized spacial score (nSPS) is 19.1. The summed E-state index contributed by atoms with van der Waals surface area (Å²) >= 11 is 0. The number of H-pyrrole nitrogens is 1. The number of rotatable bonds is 1. The maximum absolute atomic E-state index is 10.7. The smallest absolute Gasteiger partial charge is 0.255 e. The number of nitrogens with one attached hydrogen (secondary N) is 2. The fourth-order valence-electron chi connectivity index (χ4n) is 1.45. The zero-order chi connectivity index (χ0) is 11.1. The largest absolute Gasteiger partial charge is 0.329 e. The SMILES string of the molecule is C=Cc1ccc[nH]c1=O.CC1CCCN1. The summed E-state index contributed by atoms with van der Waals surface area (Å²) in [5.41, 5.74) is 0.519. The van der Waals surface area contributed by atoms with Crippen molar-refractivity contribution in [3.8, 4) is 0 Å². The Balaban J connectivity index is 0.000000162. The molecule has 1 aliphatic heterocycles. The summed E-state index contributed by atoms with van der Waals surface area (Å²) in [5.74, 6) is 0. The van der Waals surface area contributed by atoms with E-state index in [2.05, 4.69) is 23.8 Å². The zero-order valence-electron chi connectivity index (χ0n) is 9.12. The number of hydrogen-bond acceptors (Lipinski definition) is 2. The summed E-state index contributed by atoms with van der Waals surface area (Å²) in [6, 6.07) is 4.27. The summed E-state index contributed by atoms with van der Waals surface area (Å²) < 4.78 is 0. The van der Waals surface area contributed by atoms with Crippen molar-refractivity contribution in [2.75, 3.05) is 6.54 Å². The van der Waals surface area contributed by atoms with Gasteiger partial charge in [0, 0.05) is 17.8 Å². The van der Waals surface area contributed by atoms with Gasteiger partial charge < -0.3 is 10.3 Å². The highest BCUT2D eigenvalue weighted by atomic mass is 16.1. The van der Waals surface area contributed by atoms with Crippen molar-refractivity contribution in [1.82, 2.24) is 10.3 Å². The third kappa shape index (κ3) is 4.13. The van der Waals surface area contributed by atoms with Gasteiger partial charge in [-0.1, -0.05) is 12.7 Å². The van der Waals surface area contributed by atoms with Gasteiger partial charge in [0.15, 0.2) is 0 Å². The Morgan fingerprint density at radius 2 is 2.40 bits per heavy atom. The van der Waals surface area contributed by atoms with Gasteiger partial charge in [-0.25, -0.2) is 0 Å². The molecule has 0 aliphatic carbocycles. The summed E-state index contributed by atoms with van der Waals surface area (Å²) in [5, 5.41) is 3.32. The number of pyridine rings is 1. The van der Waals surface area contributed by atoms with Crippen molar-refractivity contribution in [2.45, 2.75) is 25.8 Å². The molecule has 82 valence electrons. The number of hydrogen-bond donors (Lipinski definition) is 2. The summed E-state index contributed by atoms with van der Waals surface area (Å²) in [6.07, 6.45) is 5.87. The van der Waals surface area contributed by atoms with E-state index in [0.29, 0.717) is 5.56 Å². The molecule has 3 nitrogen and oxygen atoms in total. The predicted octanol–water partition coefficient (Wildman–Crippen LogP) is 1.78. The van der Waals surface area contributed by atoms with Crippen LogP contribution >= 0.6 is 0 Å². The lowest BCUT2D eigenvalue weighted by Gasteiger charge is -1.95. The van der Waals surface area contributed by atoms with Crippen LogP contribution < -0.4 is 10.9 Å². The first-order valence-electron chi connectivity index (χ1n) is 5.27.